The number of hydrogen-bond acceptors (Lipinski definition) is 8. The van der Waals surface area contributed by atoms with E-state index < -0.39 is 5.97 Å². The Morgan fingerprint density at radius 1 is 1.03 bits per heavy atom. The molecule has 0 atom stereocenters. The molecule has 182 valence electrons. The van der Waals surface area contributed by atoms with Gasteiger partial charge in [0.05, 0.1) is 25.0 Å². The van der Waals surface area contributed by atoms with Crippen LogP contribution < -0.4 is 15.3 Å². The van der Waals surface area contributed by atoms with Crippen molar-refractivity contribution in [2.24, 2.45) is 5.10 Å². The van der Waals surface area contributed by atoms with Crippen molar-refractivity contribution in [3.8, 4) is 22.8 Å². The number of aryl methyl sites for hydroxylation is 1. The van der Waals surface area contributed by atoms with E-state index in [2.05, 4.69) is 20.7 Å². The number of benzene rings is 3. The van der Waals surface area contributed by atoms with E-state index in [1.54, 1.807) is 19.2 Å². The molecule has 0 spiro atoms. The van der Waals surface area contributed by atoms with Gasteiger partial charge in [-0.3, -0.25) is 9.36 Å². The third kappa shape index (κ3) is 5.97. The van der Waals surface area contributed by atoms with Crippen LogP contribution in [-0.4, -0.2) is 45.7 Å². The summed E-state index contributed by atoms with van der Waals surface area (Å²) in [6, 6.07) is 21.4. The van der Waals surface area contributed by atoms with Crippen molar-refractivity contribution >= 4 is 29.9 Å². The van der Waals surface area contributed by atoms with E-state index in [-0.39, 0.29) is 17.2 Å². The quantitative estimate of drug-likeness (QED) is 0.213. The molecule has 0 aliphatic rings. The highest BCUT2D eigenvalue weighted by atomic mass is 32.2. The van der Waals surface area contributed by atoms with Gasteiger partial charge in [0.2, 0.25) is 0 Å². The van der Waals surface area contributed by atoms with E-state index in [1.165, 1.54) is 30.1 Å². The third-order valence-corrected chi connectivity index (χ3v) is 6.08. The summed E-state index contributed by atoms with van der Waals surface area (Å²) < 4.78 is 7.15. The zero-order valence-electron chi connectivity index (χ0n) is 19.5. The number of ether oxygens (including phenoxy) is 1. The monoisotopic (exact) mass is 500 g/mol. The lowest BCUT2D eigenvalue weighted by molar-refractivity contribution is -0.255. The Balaban J connectivity index is 1.48. The number of thioether (sulfide) groups is 1. The van der Waals surface area contributed by atoms with Gasteiger partial charge < -0.3 is 14.6 Å². The van der Waals surface area contributed by atoms with Gasteiger partial charge in [0.1, 0.15) is 5.75 Å². The number of nitrogens with zero attached hydrogens (tertiary/aromatic N) is 4. The molecule has 4 aromatic rings. The first kappa shape index (κ1) is 24.7. The second kappa shape index (κ2) is 11.3. The lowest BCUT2D eigenvalue weighted by Gasteiger charge is -2.11. The minimum atomic E-state index is -1.25. The van der Waals surface area contributed by atoms with Crippen molar-refractivity contribution in [3.63, 3.8) is 0 Å². The molecule has 0 fully saturated rings. The number of hydrogen-bond donors (Lipinski definition) is 1. The summed E-state index contributed by atoms with van der Waals surface area (Å²) in [5.41, 5.74) is 6.02. The SMILES string of the molecule is COc1ccc(-c2nnc(SCC(=O)N/N=C\c3ccc(C(=O)[O-])cc3)n2-c2ccc(C)cc2)cc1. The fraction of sp³-hybridized carbons (Fsp3) is 0.115. The molecule has 0 aliphatic carbocycles. The lowest BCUT2D eigenvalue weighted by atomic mass is 10.1. The third-order valence-electron chi connectivity index (χ3n) is 5.16. The summed E-state index contributed by atoms with van der Waals surface area (Å²) in [7, 11) is 1.61. The van der Waals surface area contributed by atoms with E-state index in [0.29, 0.717) is 16.5 Å². The summed E-state index contributed by atoms with van der Waals surface area (Å²) in [5.74, 6) is -0.137. The molecule has 4 rings (SSSR count). The number of carbonyl (C=O) groups excluding carboxylic acids is 2. The predicted octanol–water partition coefficient (Wildman–Crippen LogP) is 2.86. The molecule has 10 heteroatoms. The van der Waals surface area contributed by atoms with Gasteiger partial charge in [0, 0.05) is 11.3 Å². The first-order chi connectivity index (χ1) is 17.4. The van der Waals surface area contributed by atoms with Crippen molar-refractivity contribution in [3.05, 3.63) is 89.5 Å². The summed E-state index contributed by atoms with van der Waals surface area (Å²) in [6.45, 7) is 2.01. The van der Waals surface area contributed by atoms with Crippen LogP contribution in [0.4, 0.5) is 0 Å². The molecule has 3 aromatic carbocycles. The van der Waals surface area contributed by atoms with Gasteiger partial charge in [-0.2, -0.15) is 5.10 Å². The summed E-state index contributed by atoms with van der Waals surface area (Å²) in [4.78, 5) is 23.2. The van der Waals surface area contributed by atoms with E-state index in [1.807, 2.05) is 60.0 Å². The summed E-state index contributed by atoms with van der Waals surface area (Å²) in [6.07, 6.45) is 1.43. The lowest BCUT2D eigenvalue weighted by Crippen LogP contribution is -2.22. The number of nitrogens with one attached hydrogen (secondary N) is 1. The molecule has 1 amide bonds. The molecule has 1 N–H and O–H groups in total. The van der Waals surface area contributed by atoms with Crippen molar-refractivity contribution in [1.82, 2.24) is 20.2 Å². The van der Waals surface area contributed by atoms with Crippen LogP contribution in [0.3, 0.4) is 0 Å². The van der Waals surface area contributed by atoms with Gasteiger partial charge in [0.25, 0.3) is 5.91 Å². The number of carboxylic acids is 1. The Morgan fingerprint density at radius 3 is 2.36 bits per heavy atom. The molecule has 0 saturated heterocycles. The normalized spacial score (nSPS) is 10.9. The number of hydrazone groups is 1. The Morgan fingerprint density at radius 2 is 1.72 bits per heavy atom. The van der Waals surface area contributed by atoms with E-state index in [4.69, 9.17) is 4.74 Å². The topological polar surface area (TPSA) is 122 Å². The fourth-order valence-electron chi connectivity index (χ4n) is 3.26. The number of aromatic nitrogens is 3. The number of methoxy groups -OCH3 is 1. The van der Waals surface area contributed by atoms with E-state index >= 15 is 0 Å². The fourth-order valence-corrected chi connectivity index (χ4v) is 4.01. The van der Waals surface area contributed by atoms with Gasteiger partial charge in [-0.25, -0.2) is 5.43 Å². The van der Waals surface area contributed by atoms with Crippen LogP contribution in [0.25, 0.3) is 17.1 Å². The second-order valence-electron chi connectivity index (χ2n) is 7.70. The van der Waals surface area contributed by atoms with Crippen LogP contribution in [-0.2, 0) is 4.79 Å². The highest BCUT2D eigenvalue weighted by molar-refractivity contribution is 7.99. The van der Waals surface area contributed by atoms with Crippen LogP contribution in [0.5, 0.6) is 5.75 Å². The Hall–Kier alpha value is -4.44. The standard InChI is InChI=1S/C26H23N5O4S/c1-17-3-11-21(12-4-17)31-24(19-9-13-22(35-2)14-10-19)29-30-26(31)36-16-23(32)28-27-15-18-5-7-20(8-6-18)25(33)34/h3-15H,16H2,1-2H3,(H,28,32)(H,33,34)/p-1/b27-15-. The minimum Gasteiger partial charge on any atom is -0.545 e. The molecule has 0 unspecified atom stereocenters. The number of amides is 1. The van der Waals surface area contributed by atoms with Crippen LogP contribution in [0.1, 0.15) is 21.5 Å². The largest absolute Gasteiger partial charge is 0.545 e. The minimum absolute atomic E-state index is 0.0631. The Labute approximate surface area is 211 Å². The molecule has 36 heavy (non-hydrogen) atoms. The van der Waals surface area contributed by atoms with Gasteiger partial charge in [-0.15, -0.1) is 10.2 Å². The summed E-state index contributed by atoms with van der Waals surface area (Å²) in [5, 5.41) is 24.0. The first-order valence-corrected chi connectivity index (χ1v) is 11.9. The molecule has 0 radical (unpaired) electrons. The van der Waals surface area contributed by atoms with E-state index in [0.717, 1.165) is 22.6 Å². The zero-order valence-corrected chi connectivity index (χ0v) is 20.4. The number of carbonyl (C=O) groups is 2. The highest BCUT2D eigenvalue weighted by Gasteiger charge is 2.17. The molecule has 0 bridgehead atoms. The van der Waals surface area contributed by atoms with Crippen LogP contribution in [0.15, 0.2) is 83.1 Å². The van der Waals surface area contributed by atoms with Gasteiger partial charge in [0.15, 0.2) is 11.0 Å². The first-order valence-electron chi connectivity index (χ1n) is 10.9. The maximum atomic E-state index is 12.4. The molecule has 1 heterocycles. The maximum absolute atomic E-state index is 12.4. The molecular weight excluding hydrogens is 478 g/mol. The number of carboxylic acid groups (broad SMARTS) is 1. The van der Waals surface area contributed by atoms with Crippen molar-refractivity contribution in [2.45, 2.75) is 12.1 Å². The average Bonchev–Trinajstić information content (AvgIpc) is 3.32. The van der Waals surface area contributed by atoms with Crippen LogP contribution in [0.2, 0.25) is 0 Å². The number of aromatic carboxylic acids is 1. The molecule has 0 saturated carbocycles. The van der Waals surface area contributed by atoms with Gasteiger partial charge in [-0.1, -0.05) is 53.7 Å². The smallest absolute Gasteiger partial charge is 0.250 e. The number of rotatable bonds is 9. The maximum Gasteiger partial charge on any atom is 0.250 e. The second-order valence-corrected chi connectivity index (χ2v) is 8.64. The van der Waals surface area contributed by atoms with Gasteiger partial charge in [-0.05, 0) is 54.4 Å². The van der Waals surface area contributed by atoms with Crippen molar-refractivity contribution < 1.29 is 19.4 Å². The predicted molar refractivity (Wildman–Crippen MR) is 135 cm³/mol. The van der Waals surface area contributed by atoms with E-state index in [9.17, 15) is 14.7 Å². The van der Waals surface area contributed by atoms with Crippen LogP contribution >= 0.6 is 11.8 Å². The molecule has 9 nitrogen and oxygen atoms in total. The van der Waals surface area contributed by atoms with Crippen LogP contribution in [0, 0.1) is 6.92 Å². The average molecular weight is 501 g/mol. The molecule has 0 aliphatic heterocycles. The van der Waals surface area contributed by atoms with Gasteiger partial charge >= 0.3 is 0 Å². The Kier molecular flexibility index (Phi) is 7.76. The molecular formula is C26H22N5O4S-. The van der Waals surface area contributed by atoms with Crippen molar-refractivity contribution in [2.75, 3.05) is 12.9 Å². The van der Waals surface area contributed by atoms with Crippen molar-refractivity contribution in [1.29, 1.82) is 0 Å². The summed E-state index contributed by atoms with van der Waals surface area (Å²) >= 11 is 1.24. The zero-order chi connectivity index (χ0) is 25.5. The highest BCUT2D eigenvalue weighted by Crippen LogP contribution is 2.29. The molecule has 1 aromatic heterocycles. The Bertz CT molecular complexity index is 1380.